The van der Waals surface area contributed by atoms with Crippen LogP contribution in [0.15, 0.2) is 16.5 Å². The fraction of sp³-hybridized carbons (Fsp3) is 0.733. The number of ether oxygens (including phenoxy) is 1. The maximum Gasteiger partial charge on any atom is 0.117 e. The monoisotopic (exact) mass is 249 g/mol. The van der Waals surface area contributed by atoms with E-state index in [9.17, 15) is 0 Å². The van der Waals surface area contributed by atoms with Gasteiger partial charge in [0.25, 0.3) is 0 Å². The summed E-state index contributed by atoms with van der Waals surface area (Å²) in [6.45, 7) is 7.18. The summed E-state index contributed by atoms with van der Waals surface area (Å²) < 4.78 is 11.3. The van der Waals surface area contributed by atoms with Gasteiger partial charge in [-0.2, -0.15) is 0 Å². The highest BCUT2D eigenvalue weighted by molar-refractivity contribution is 5.17. The Labute approximate surface area is 109 Å². The molecular formula is C15H23NO2. The molecule has 1 aliphatic carbocycles. The predicted molar refractivity (Wildman–Crippen MR) is 70.5 cm³/mol. The quantitative estimate of drug-likeness (QED) is 0.871. The highest BCUT2D eigenvalue weighted by atomic mass is 16.5. The topological polar surface area (TPSA) is 34.4 Å². The number of furan rings is 1. The van der Waals surface area contributed by atoms with E-state index in [1.165, 1.54) is 18.6 Å². The van der Waals surface area contributed by atoms with E-state index in [4.69, 9.17) is 9.15 Å². The third kappa shape index (κ3) is 2.62. The number of hydrogen-bond donors (Lipinski definition) is 1. The molecule has 1 aromatic rings. The van der Waals surface area contributed by atoms with E-state index >= 15 is 0 Å². The predicted octanol–water partition coefficient (Wildman–Crippen LogP) is 2.92. The smallest absolute Gasteiger partial charge is 0.117 e. The van der Waals surface area contributed by atoms with Gasteiger partial charge in [0, 0.05) is 18.6 Å². The molecule has 2 fully saturated rings. The van der Waals surface area contributed by atoms with E-state index < -0.39 is 0 Å². The number of rotatable bonds is 5. The van der Waals surface area contributed by atoms with Crippen LogP contribution in [0.1, 0.15) is 44.1 Å². The lowest BCUT2D eigenvalue weighted by Gasteiger charge is -2.18. The normalized spacial score (nSPS) is 32.7. The summed E-state index contributed by atoms with van der Waals surface area (Å²) in [6.07, 6.45) is 2.47. The van der Waals surface area contributed by atoms with Gasteiger partial charge in [0.2, 0.25) is 0 Å². The van der Waals surface area contributed by atoms with Gasteiger partial charge in [-0.05, 0) is 43.7 Å². The van der Waals surface area contributed by atoms with E-state index in [2.05, 4.69) is 31.3 Å². The lowest BCUT2D eigenvalue weighted by molar-refractivity contribution is 0.178. The molecule has 0 spiro atoms. The van der Waals surface area contributed by atoms with Crippen molar-refractivity contribution >= 4 is 0 Å². The van der Waals surface area contributed by atoms with Gasteiger partial charge in [0.1, 0.15) is 11.5 Å². The van der Waals surface area contributed by atoms with Crippen molar-refractivity contribution in [3.05, 3.63) is 23.7 Å². The summed E-state index contributed by atoms with van der Waals surface area (Å²) in [5.74, 6) is 4.39. The van der Waals surface area contributed by atoms with E-state index in [0.29, 0.717) is 17.9 Å². The third-order valence-electron chi connectivity index (χ3n) is 4.43. The van der Waals surface area contributed by atoms with Crippen LogP contribution >= 0.6 is 0 Å². The molecule has 3 rings (SSSR count). The van der Waals surface area contributed by atoms with Crippen molar-refractivity contribution in [2.24, 2.45) is 11.8 Å². The highest BCUT2D eigenvalue weighted by Crippen LogP contribution is 2.47. The molecule has 18 heavy (non-hydrogen) atoms. The molecule has 4 unspecified atom stereocenters. The zero-order valence-electron chi connectivity index (χ0n) is 11.3. The number of nitrogens with one attached hydrogen (secondary N) is 1. The molecule has 3 heteroatoms. The van der Waals surface area contributed by atoms with Crippen molar-refractivity contribution < 1.29 is 9.15 Å². The summed E-state index contributed by atoms with van der Waals surface area (Å²) in [5.41, 5.74) is 0. The van der Waals surface area contributed by atoms with Gasteiger partial charge in [0.05, 0.1) is 13.2 Å². The molecule has 2 aliphatic rings. The molecule has 1 saturated carbocycles. The molecule has 3 nitrogen and oxygen atoms in total. The van der Waals surface area contributed by atoms with Crippen LogP contribution < -0.4 is 5.32 Å². The van der Waals surface area contributed by atoms with Crippen molar-refractivity contribution in [2.45, 2.75) is 45.2 Å². The second kappa shape index (κ2) is 5.06. The SMILES string of the molecule is CC1CC1c1ccc(CNC(C)C2CCOC2)o1. The average molecular weight is 249 g/mol. The van der Waals surface area contributed by atoms with E-state index in [1.807, 2.05) is 0 Å². The van der Waals surface area contributed by atoms with Gasteiger partial charge in [-0.3, -0.25) is 0 Å². The summed E-state index contributed by atoms with van der Waals surface area (Å²) in [5, 5.41) is 3.55. The molecule has 1 N–H and O–H groups in total. The molecule has 1 aliphatic heterocycles. The lowest BCUT2D eigenvalue weighted by atomic mass is 10.0. The van der Waals surface area contributed by atoms with Gasteiger partial charge < -0.3 is 14.5 Å². The van der Waals surface area contributed by atoms with Crippen molar-refractivity contribution in [1.29, 1.82) is 0 Å². The Morgan fingerprint density at radius 3 is 2.94 bits per heavy atom. The van der Waals surface area contributed by atoms with Crippen LogP contribution in [0, 0.1) is 11.8 Å². The maximum atomic E-state index is 5.90. The zero-order valence-corrected chi connectivity index (χ0v) is 11.3. The van der Waals surface area contributed by atoms with E-state index in [1.54, 1.807) is 0 Å². The average Bonchev–Trinajstić information content (AvgIpc) is 2.87. The van der Waals surface area contributed by atoms with Crippen molar-refractivity contribution in [2.75, 3.05) is 13.2 Å². The van der Waals surface area contributed by atoms with Crippen molar-refractivity contribution in [1.82, 2.24) is 5.32 Å². The molecule has 0 amide bonds. The Morgan fingerprint density at radius 1 is 1.44 bits per heavy atom. The first-order valence-electron chi connectivity index (χ1n) is 7.14. The maximum absolute atomic E-state index is 5.90. The standard InChI is InChI=1S/C15H23NO2/c1-10-7-14(10)15-4-3-13(18-15)8-16-11(2)12-5-6-17-9-12/h3-4,10-12,14,16H,5-9H2,1-2H3. The second-order valence-corrected chi connectivity index (χ2v) is 5.92. The Hall–Kier alpha value is -0.800. The summed E-state index contributed by atoms with van der Waals surface area (Å²) in [7, 11) is 0. The minimum absolute atomic E-state index is 0.501. The van der Waals surface area contributed by atoms with Crippen LogP contribution in [-0.2, 0) is 11.3 Å². The molecule has 0 radical (unpaired) electrons. The van der Waals surface area contributed by atoms with Crippen LogP contribution in [0.2, 0.25) is 0 Å². The fourth-order valence-corrected chi connectivity index (χ4v) is 2.78. The van der Waals surface area contributed by atoms with Crippen molar-refractivity contribution in [3.63, 3.8) is 0 Å². The Kier molecular flexibility index (Phi) is 3.44. The molecule has 0 aromatic carbocycles. The van der Waals surface area contributed by atoms with Crippen LogP contribution in [0.5, 0.6) is 0 Å². The third-order valence-corrected chi connectivity index (χ3v) is 4.43. The Balaban J connectivity index is 1.48. The molecule has 100 valence electrons. The van der Waals surface area contributed by atoms with E-state index in [0.717, 1.165) is 31.4 Å². The van der Waals surface area contributed by atoms with Gasteiger partial charge in [0.15, 0.2) is 0 Å². The van der Waals surface area contributed by atoms with Crippen molar-refractivity contribution in [3.8, 4) is 0 Å². The van der Waals surface area contributed by atoms with E-state index in [-0.39, 0.29) is 0 Å². The van der Waals surface area contributed by atoms with Crippen LogP contribution in [0.25, 0.3) is 0 Å². The summed E-state index contributed by atoms with van der Waals surface area (Å²) in [6, 6.07) is 4.76. The molecule has 4 atom stereocenters. The summed E-state index contributed by atoms with van der Waals surface area (Å²) >= 11 is 0. The second-order valence-electron chi connectivity index (χ2n) is 5.92. The lowest BCUT2D eigenvalue weighted by Crippen LogP contribution is -2.33. The molecular weight excluding hydrogens is 226 g/mol. The molecule has 1 aromatic heterocycles. The highest BCUT2D eigenvalue weighted by Gasteiger charge is 2.36. The molecule has 2 heterocycles. The first kappa shape index (κ1) is 12.2. The van der Waals surface area contributed by atoms with Crippen LogP contribution in [-0.4, -0.2) is 19.3 Å². The Morgan fingerprint density at radius 2 is 2.28 bits per heavy atom. The summed E-state index contributed by atoms with van der Waals surface area (Å²) in [4.78, 5) is 0. The van der Waals surface area contributed by atoms with Gasteiger partial charge in [-0.25, -0.2) is 0 Å². The number of hydrogen-bond acceptors (Lipinski definition) is 3. The largest absolute Gasteiger partial charge is 0.464 e. The van der Waals surface area contributed by atoms with Gasteiger partial charge >= 0.3 is 0 Å². The zero-order chi connectivity index (χ0) is 12.5. The fourth-order valence-electron chi connectivity index (χ4n) is 2.78. The Bertz CT molecular complexity index is 395. The van der Waals surface area contributed by atoms with Gasteiger partial charge in [-0.15, -0.1) is 0 Å². The molecule has 1 saturated heterocycles. The van der Waals surface area contributed by atoms with Crippen LogP contribution in [0.3, 0.4) is 0 Å². The molecule has 0 bridgehead atoms. The minimum atomic E-state index is 0.501. The van der Waals surface area contributed by atoms with Gasteiger partial charge in [-0.1, -0.05) is 6.92 Å². The first-order chi connectivity index (χ1) is 8.74. The van der Waals surface area contributed by atoms with Crippen LogP contribution in [0.4, 0.5) is 0 Å². The minimum Gasteiger partial charge on any atom is -0.464 e. The first-order valence-corrected chi connectivity index (χ1v) is 7.14.